The highest BCUT2D eigenvalue weighted by molar-refractivity contribution is 9.10. The first-order valence-electron chi connectivity index (χ1n) is 11.1. The predicted molar refractivity (Wildman–Crippen MR) is 142 cm³/mol. The maximum Gasteiger partial charge on any atom is 0.269 e. The van der Waals surface area contributed by atoms with Crippen molar-refractivity contribution in [2.45, 2.75) is 25.8 Å². The third kappa shape index (κ3) is 5.04. The molecule has 0 saturated heterocycles. The summed E-state index contributed by atoms with van der Waals surface area (Å²) in [6.45, 7) is 7.27. The van der Waals surface area contributed by atoms with Gasteiger partial charge < -0.3 is 19.0 Å². The fourth-order valence-electron chi connectivity index (χ4n) is 4.29. The highest BCUT2D eigenvalue weighted by atomic mass is 79.9. The van der Waals surface area contributed by atoms with Crippen molar-refractivity contribution < 1.29 is 14.0 Å². The largest absolute Gasteiger partial charge is 0.491 e. The van der Waals surface area contributed by atoms with Crippen LogP contribution in [0.2, 0.25) is 5.04 Å². The first-order valence-corrected chi connectivity index (χ1v) is 13.8. The number of methoxy groups -OCH3 is 1. The molecule has 1 aromatic heterocycles. The highest BCUT2D eigenvalue weighted by Gasteiger charge is 2.50. The number of nitrogens with zero attached hydrogens (tertiary/aromatic N) is 1. The molecule has 0 fully saturated rings. The molecule has 3 rings (SSSR count). The molecule has 0 bridgehead atoms. The number of aromatic nitrogens is 1. The summed E-state index contributed by atoms with van der Waals surface area (Å²) < 4.78 is 13.6. The van der Waals surface area contributed by atoms with Crippen molar-refractivity contribution in [3.05, 3.63) is 87.3 Å². The minimum absolute atomic E-state index is 0.150. The number of hydrogen-bond donors (Lipinski definition) is 1. The van der Waals surface area contributed by atoms with Gasteiger partial charge in [-0.05, 0) is 31.3 Å². The fourth-order valence-corrected chi connectivity index (χ4v) is 9.51. The molecule has 1 N–H and O–H groups in total. The lowest BCUT2D eigenvalue weighted by atomic mass is 10.2. The van der Waals surface area contributed by atoms with Crippen LogP contribution in [0.4, 0.5) is 0 Å². The van der Waals surface area contributed by atoms with Gasteiger partial charge >= 0.3 is 0 Å². The molecule has 2 aromatic carbocycles. The molecular weight excluding hydrogens is 512 g/mol. The number of hydrogen-bond acceptors (Lipinski definition) is 4. The summed E-state index contributed by atoms with van der Waals surface area (Å²) in [6.07, 6.45) is 1.50. The van der Waals surface area contributed by atoms with Gasteiger partial charge in [0.05, 0.1) is 24.4 Å². The van der Waals surface area contributed by atoms with Gasteiger partial charge in [0, 0.05) is 13.6 Å². The van der Waals surface area contributed by atoms with Crippen molar-refractivity contribution in [3.8, 4) is 5.75 Å². The minimum Gasteiger partial charge on any atom is -0.491 e. The van der Waals surface area contributed by atoms with E-state index >= 15 is 0 Å². The Morgan fingerprint density at radius 2 is 1.56 bits per heavy atom. The Morgan fingerprint density at radius 1 is 1.03 bits per heavy atom. The van der Waals surface area contributed by atoms with Crippen LogP contribution in [-0.4, -0.2) is 39.1 Å². The van der Waals surface area contributed by atoms with E-state index in [0.29, 0.717) is 13.2 Å². The van der Waals surface area contributed by atoms with E-state index < -0.39 is 8.32 Å². The molecule has 0 aliphatic rings. The highest BCUT2D eigenvalue weighted by Crippen LogP contribution is 2.36. The molecule has 34 heavy (non-hydrogen) atoms. The normalized spacial score (nSPS) is 11.8. The van der Waals surface area contributed by atoms with Crippen LogP contribution in [0.3, 0.4) is 0 Å². The molecule has 0 aliphatic heterocycles. The molecule has 0 unspecified atom stereocenters. The van der Waals surface area contributed by atoms with E-state index in [0.717, 1.165) is 0 Å². The van der Waals surface area contributed by atoms with Crippen LogP contribution in [-0.2, 0) is 11.5 Å². The summed E-state index contributed by atoms with van der Waals surface area (Å²) in [7, 11) is 0.441. The topological polar surface area (TPSA) is 69.6 Å². The van der Waals surface area contributed by atoms with Crippen LogP contribution < -0.4 is 25.9 Å². The van der Waals surface area contributed by atoms with Gasteiger partial charge in [-0.3, -0.25) is 9.59 Å². The number of amides is 1. The summed E-state index contributed by atoms with van der Waals surface area (Å²) in [5, 5.41) is 5.11. The number of pyridine rings is 1. The molecule has 0 radical (unpaired) electrons. The van der Waals surface area contributed by atoms with Gasteiger partial charge in [0.15, 0.2) is 5.75 Å². The number of carbonyl (C=O) groups excluding carboxylic acids is 1. The molecule has 0 saturated carbocycles. The molecule has 180 valence electrons. The molecule has 3 aromatic rings. The third-order valence-electron chi connectivity index (χ3n) is 5.85. The molecule has 1 heterocycles. The smallest absolute Gasteiger partial charge is 0.269 e. The van der Waals surface area contributed by atoms with Gasteiger partial charge in [-0.15, -0.1) is 0 Å². The van der Waals surface area contributed by atoms with Gasteiger partial charge in [0.1, 0.15) is 5.69 Å². The number of rotatable bonds is 8. The summed E-state index contributed by atoms with van der Waals surface area (Å²) >= 11 is 3.25. The van der Waals surface area contributed by atoms with E-state index in [4.69, 9.17) is 9.16 Å². The second-order valence-electron chi connectivity index (χ2n) is 9.07. The van der Waals surface area contributed by atoms with Gasteiger partial charge in [-0.1, -0.05) is 81.4 Å². The van der Waals surface area contributed by atoms with E-state index in [9.17, 15) is 9.59 Å². The van der Waals surface area contributed by atoms with Gasteiger partial charge in [-0.2, -0.15) is 0 Å². The Morgan fingerprint density at radius 3 is 2.03 bits per heavy atom. The van der Waals surface area contributed by atoms with Crippen molar-refractivity contribution >= 4 is 40.5 Å². The van der Waals surface area contributed by atoms with E-state index in [-0.39, 0.29) is 32.3 Å². The Bertz CT molecular complexity index is 1150. The number of halogens is 1. The quantitative estimate of drug-likeness (QED) is 0.349. The number of benzene rings is 2. The lowest BCUT2D eigenvalue weighted by molar-refractivity contribution is 0.0936. The second-order valence-corrected chi connectivity index (χ2v) is 14.2. The standard InChI is InChI=1S/C26H31BrN2O4Si/c1-26(2,3)34(19-12-8-6-9-13-19,20-14-10-7-11-15-20)33-17-16-28-25(31)23-22(27)24(30)21(32-5)18-29(23)4/h6-15,18H,16-17H2,1-5H3,(H,28,31). The molecule has 6 nitrogen and oxygen atoms in total. The zero-order valence-corrected chi connectivity index (χ0v) is 22.8. The Balaban J connectivity index is 1.85. The van der Waals surface area contributed by atoms with E-state index in [1.807, 2.05) is 36.4 Å². The SMILES string of the molecule is COc1cn(C)c(C(=O)NCCO[Si](c2ccccc2)(c2ccccc2)C(C)(C)C)c(Br)c1=O. The second kappa shape index (κ2) is 10.7. The van der Waals surface area contributed by atoms with Crippen molar-refractivity contribution in [1.29, 1.82) is 0 Å². The average Bonchev–Trinajstić information content (AvgIpc) is 2.82. The van der Waals surface area contributed by atoms with Crippen LogP contribution in [0.1, 0.15) is 31.3 Å². The minimum atomic E-state index is -2.68. The molecule has 8 heteroatoms. The summed E-state index contributed by atoms with van der Waals surface area (Å²) in [5.41, 5.74) is -0.134. The first-order chi connectivity index (χ1) is 16.1. The lowest BCUT2D eigenvalue weighted by Crippen LogP contribution is -2.67. The zero-order chi connectivity index (χ0) is 24.9. The predicted octanol–water partition coefficient (Wildman–Crippen LogP) is 3.46. The Kier molecular flexibility index (Phi) is 8.17. The first kappa shape index (κ1) is 25.9. The van der Waals surface area contributed by atoms with Gasteiger partial charge in [0.25, 0.3) is 14.2 Å². The third-order valence-corrected chi connectivity index (χ3v) is 11.6. The molecular formula is C26H31BrN2O4Si. The van der Waals surface area contributed by atoms with Gasteiger partial charge in [0.2, 0.25) is 5.43 Å². The summed E-state index contributed by atoms with van der Waals surface area (Å²) in [5.74, 6) is -0.193. The molecule has 0 spiro atoms. The monoisotopic (exact) mass is 542 g/mol. The van der Waals surface area contributed by atoms with Crippen molar-refractivity contribution in [2.24, 2.45) is 7.05 Å². The zero-order valence-electron chi connectivity index (χ0n) is 20.2. The maximum atomic E-state index is 12.9. The molecule has 0 aliphatic carbocycles. The maximum absolute atomic E-state index is 12.9. The lowest BCUT2D eigenvalue weighted by Gasteiger charge is -2.43. The Hall–Kier alpha value is -2.68. The molecule has 1 amide bonds. The summed E-state index contributed by atoms with van der Waals surface area (Å²) in [4.78, 5) is 25.3. The molecule has 0 atom stereocenters. The van der Waals surface area contributed by atoms with E-state index in [1.165, 1.54) is 23.7 Å². The number of nitrogens with one attached hydrogen (secondary N) is 1. The summed E-state index contributed by atoms with van der Waals surface area (Å²) in [6, 6.07) is 20.7. The van der Waals surface area contributed by atoms with Crippen LogP contribution in [0.25, 0.3) is 0 Å². The Labute approximate surface area is 210 Å². The van der Waals surface area contributed by atoms with Crippen molar-refractivity contribution in [2.75, 3.05) is 20.3 Å². The fraction of sp³-hybridized carbons (Fsp3) is 0.308. The number of aryl methyl sites for hydroxylation is 1. The van der Waals surface area contributed by atoms with Crippen LogP contribution in [0.5, 0.6) is 5.75 Å². The van der Waals surface area contributed by atoms with Crippen molar-refractivity contribution in [1.82, 2.24) is 9.88 Å². The van der Waals surface area contributed by atoms with Crippen LogP contribution in [0.15, 0.2) is 76.1 Å². The van der Waals surface area contributed by atoms with E-state index in [2.05, 4.69) is 66.3 Å². The number of ether oxygens (including phenoxy) is 1. The number of carbonyl (C=O) groups is 1. The van der Waals surface area contributed by atoms with Crippen LogP contribution in [0, 0.1) is 0 Å². The van der Waals surface area contributed by atoms with E-state index in [1.54, 1.807) is 11.6 Å². The average molecular weight is 544 g/mol. The van der Waals surface area contributed by atoms with Gasteiger partial charge in [-0.25, -0.2) is 0 Å². The van der Waals surface area contributed by atoms with Crippen LogP contribution >= 0.6 is 15.9 Å². The van der Waals surface area contributed by atoms with Crippen molar-refractivity contribution in [3.63, 3.8) is 0 Å².